The zero-order valence-electron chi connectivity index (χ0n) is 10.1. The van der Waals surface area contributed by atoms with Crippen molar-refractivity contribution < 1.29 is 14.7 Å². The first-order valence-electron chi connectivity index (χ1n) is 5.37. The first-order valence-corrected chi connectivity index (χ1v) is 6.16. The predicted octanol–water partition coefficient (Wildman–Crippen LogP) is 1.32. The summed E-state index contributed by atoms with van der Waals surface area (Å²) in [6.07, 6.45) is 0. The van der Waals surface area contributed by atoms with E-state index in [0.717, 1.165) is 4.47 Å². The second-order valence-electron chi connectivity index (χ2n) is 3.77. The molecular formula is C12H12BrN3O3. The van der Waals surface area contributed by atoms with E-state index in [9.17, 15) is 9.59 Å². The number of benzene rings is 1. The van der Waals surface area contributed by atoms with E-state index in [2.05, 4.69) is 26.6 Å². The number of hydrogen-bond acceptors (Lipinski definition) is 4. The van der Waals surface area contributed by atoms with Gasteiger partial charge in [0.25, 0.3) is 0 Å². The molecule has 1 unspecified atom stereocenters. The number of aliphatic carboxylic acids is 1. The van der Waals surface area contributed by atoms with Crippen molar-refractivity contribution in [2.45, 2.75) is 13.0 Å². The summed E-state index contributed by atoms with van der Waals surface area (Å²) in [6.45, 7) is 1.23. The van der Waals surface area contributed by atoms with Gasteiger partial charge in [-0.3, -0.25) is 4.79 Å². The van der Waals surface area contributed by atoms with Crippen molar-refractivity contribution >= 4 is 33.5 Å². The van der Waals surface area contributed by atoms with Gasteiger partial charge in [0.15, 0.2) is 0 Å². The van der Waals surface area contributed by atoms with E-state index < -0.39 is 17.9 Å². The second-order valence-corrected chi connectivity index (χ2v) is 4.69. The largest absolute Gasteiger partial charge is 0.480 e. The average Bonchev–Trinajstić information content (AvgIpc) is 2.34. The summed E-state index contributed by atoms with van der Waals surface area (Å²) in [5.74, 6) is -1.57. The Morgan fingerprint density at radius 1 is 1.53 bits per heavy atom. The van der Waals surface area contributed by atoms with Crippen LogP contribution in [0.5, 0.6) is 0 Å². The number of carbonyl (C=O) groups excluding carboxylic acids is 1. The van der Waals surface area contributed by atoms with Gasteiger partial charge in [0, 0.05) is 17.9 Å². The molecule has 0 heterocycles. The van der Waals surface area contributed by atoms with E-state index in [-0.39, 0.29) is 6.54 Å². The fourth-order valence-electron chi connectivity index (χ4n) is 1.42. The molecule has 0 bridgehead atoms. The van der Waals surface area contributed by atoms with Gasteiger partial charge >= 0.3 is 5.97 Å². The number of halogens is 1. The minimum Gasteiger partial charge on any atom is -0.480 e. The van der Waals surface area contributed by atoms with E-state index in [1.165, 1.54) is 6.92 Å². The number of carbonyl (C=O) groups is 2. The third kappa shape index (κ3) is 4.60. The van der Waals surface area contributed by atoms with E-state index in [0.29, 0.717) is 11.3 Å². The van der Waals surface area contributed by atoms with Crippen molar-refractivity contribution in [3.05, 3.63) is 28.2 Å². The number of rotatable bonds is 5. The smallest absolute Gasteiger partial charge is 0.328 e. The molecule has 1 amide bonds. The minimum absolute atomic E-state index is 0.0138. The molecule has 0 radical (unpaired) electrons. The first kappa shape index (κ1) is 15.0. The van der Waals surface area contributed by atoms with Gasteiger partial charge in [-0.05, 0) is 18.2 Å². The molecule has 19 heavy (non-hydrogen) atoms. The Labute approximate surface area is 118 Å². The molecule has 0 saturated carbocycles. The molecule has 1 rings (SSSR count). The second kappa shape index (κ2) is 6.75. The number of amides is 1. The Hall–Kier alpha value is -2.07. The van der Waals surface area contributed by atoms with Crippen LogP contribution in [0, 0.1) is 11.3 Å². The first-order chi connectivity index (χ1) is 8.93. The van der Waals surface area contributed by atoms with E-state index in [4.69, 9.17) is 10.4 Å². The van der Waals surface area contributed by atoms with Gasteiger partial charge in [0.05, 0.1) is 11.3 Å². The number of hydrogen-bond donors (Lipinski definition) is 3. The molecule has 100 valence electrons. The molecule has 7 heteroatoms. The zero-order valence-corrected chi connectivity index (χ0v) is 11.7. The highest BCUT2D eigenvalue weighted by Crippen LogP contribution is 2.20. The summed E-state index contributed by atoms with van der Waals surface area (Å²) < 4.78 is 0.764. The Kier molecular flexibility index (Phi) is 5.33. The summed E-state index contributed by atoms with van der Waals surface area (Å²) in [7, 11) is 0. The molecule has 0 spiro atoms. The molecule has 6 nitrogen and oxygen atoms in total. The highest BCUT2D eigenvalue weighted by atomic mass is 79.9. The fraction of sp³-hybridized carbons (Fsp3) is 0.250. The molecule has 3 N–H and O–H groups in total. The summed E-state index contributed by atoms with van der Waals surface area (Å²) in [6, 6.07) is 5.94. The lowest BCUT2D eigenvalue weighted by Gasteiger charge is -2.15. The van der Waals surface area contributed by atoms with Crippen molar-refractivity contribution in [3.8, 4) is 6.07 Å². The fourth-order valence-corrected chi connectivity index (χ4v) is 1.78. The molecule has 1 atom stereocenters. The van der Waals surface area contributed by atoms with Crippen LogP contribution in [-0.2, 0) is 9.59 Å². The molecule has 0 aliphatic heterocycles. The van der Waals surface area contributed by atoms with Crippen LogP contribution < -0.4 is 10.6 Å². The third-order valence-corrected chi connectivity index (χ3v) is 2.77. The Morgan fingerprint density at radius 3 is 2.74 bits per heavy atom. The molecule has 0 aliphatic carbocycles. The van der Waals surface area contributed by atoms with Gasteiger partial charge < -0.3 is 15.7 Å². The van der Waals surface area contributed by atoms with E-state index in [1.807, 2.05) is 6.07 Å². The van der Waals surface area contributed by atoms with Crippen molar-refractivity contribution in [2.24, 2.45) is 0 Å². The normalized spacial score (nSPS) is 11.2. The predicted molar refractivity (Wildman–Crippen MR) is 72.6 cm³/mol. The summed E-state index contributed by atoms with van der Waals surface area (Å²) in [4.78, 5) is 21.8. The number of nitriles is 1. The quantitative estimate of drug-likeness (QED) is 0.757. The standard InChI is InChI=1S/C12H12BrN3O3/c1-7(17)16-11(12(18)19)6-15-10-4-9(13)3-2-8(10)5-14/h2-4,11,15H,6H2,1H3,(H,16,17)(H,18,19). The highest BCUT2D eigenvalue weighted by molar-refractivity contribution is 9.10. The molecule has 1 aromatic carbocycles. The Bertz CT molecular complexity index is 540. The van der Waals surface area contributed by atoms with Crippen LogP contribution in [0.15, 0.2) is 22.7 Å². The van der Waals surface area contributed by atoms with E-state index >= 15 is 0 Å². The van der Waals surface area contributed by atoms with Gasteiger partial charge in [0.1, 0.15) is 12.1 Å². The summed E-state index contributed by atoms with van der Waals surface area (Å²) in [5, 5.41) is 23.0. The third-order valence-electron chi connectivity index (χ3n) is 2.27. The Balaban J connectivity index is 2.79. The molecule has 0 aromatic heterocycles. The summed E-state index contributed by atoms with van der Waals surface area (Å²) >= 11 is 3.27. The van der Waals surface area contributed by atoms with E-state index in [1.54, 1.807) is 18.2 Å². The molecule has 0 aliphatic rings. The van der Waals surface area contributed by atoms with Gasteiger partial charge in [-0.25, -0.2) is 4.79 Å². The maximum atomic E-state index is 10.9. The van der Waals surface area contributed by atoms with Crippen LogP contribution >= 0.6 is 15.9 Å². The number of nitrogens with one attached hydrogen (secondary N) is 2. The summed E-state index contributed by atoms with van der Waals surface area (Å²) in [5.41, 5.74) is 0.906. The lowest BCUT2D eigenvalue weighted by Crippen LogP contribution is -2.44. The molecule has 0 fully saturated rings. The number of anilines is 1. The maximum Gasteiger partial charge on any atom is 0.328 e. The van der Waals surface area contributed by atoms with Gasteiger partial charge in [-0.1, -0.05) is 15.9 Å². The monoisotopic (exact) mass is 325 g/mol. The van der Waals surface area contributed by atoms with Crippen LogP contribution in [0.25, 0.3) is 0 Å². The molecule has 1 aromatic rings. The van der Waals surface area contributed by atoms with Gasteiger partial charge in [-0.15, -0.1) is 0 Å². The molecular weight excluding hydrogens is 314 g/mol. The van der Waals surface area contributed by atoms with Crippen LogP contribution in [0.2, 0.25) is 0 Å². The van der Waals surface area contributed by atoms with Crippen LogP contribution in [0.3, 0.4) is 0 Å². The average molecular weight is 326 g/mol. The van der Waals surface area contributed by atoms with Crippen molar-refractivity contribution in [2.75, 3.05) is 11.9 Å². The number of carboxylic acid groups (broad SMARTS) is 1. The van der Waals surface area contributed by atoms with Crippen LogP contribution in [0.1, 0.15) is 12.5 Å². The SMILES string of the molecule is CC(=O)NC(CNc1cc(Br)ccc1C#N)C(=O)O. The van der Waals surface area contributed by atoms with Crippen LogP contribution in [0.4, 0.5) is 5.69 Å². The maximum absolute atomic E-state index is 10.9. The van der Waals surface area contributed by atoms with Crippen LogP contribution in [-0.4, -0.2) is 29.6 Å². The van der Waals surface area contributed by atoms with Crippen molar-refractivity contribution in [3.63, 3.8) is 0 Å². The van der Waals surface area contributed by atoms with Gasteiger partial charge in [0.2, 0.25) is 5.91 Å². The minimum atomic E-state index is -1.14. The number of carboxylic acids is 1. The van der Waals surface area contributed by atoms with Crippen molar-refractivity contribution in [1.82, 2.24) is 5.32 Å². The lowest BCUT2D eigenvalue weighted by molar-refractivity contribution is -0.141. The van der Waals surface area contributed by atoms with Gasteiger partial charge in [-0.2, -0.15) is 5.26 Å². The zero-order chi connectivity index (χ0) is 14.4. The topological polar surface area (TPSA) is 102 Å². The Morgan fingerprint density at radius 2 is 2.21 bits per heavy atom. The molecule has 0 saturated heterocycles. The van der Waals surface area contributed by atoms with Crippen molar-refractivity contribution in [1.29, 1.82) is 5.26 Å². The highest BCUT2D eigenvalue weighted by Gasteiger charge is 2.18. The number of nitrogens with zero attached hydrogens (tertiary/aromatic N) is 1. The lowest BCUT2D eigenvalue weighted by atomic mass is 10.2.